The van der Waals surface area contributed by atoms with Gasteiger partial charge in [0.1, 0.15) is 0 Å². The molecule has 0 aromatic rings. The molecule has 60 valence electrons. The Balaban J connectivity index is 2.45. The minimum atomic E-state index is 0.294. The lowest BCUT2D eigenvalue weighted by atomic mass is 10.1. The largest absolute Gasteiger partial charge is 0.246 e. The minimum Gasteiger partial charge on any atom is -0.246 e. The fraction of sp³-hybridized carbons (Fsp3) is 1.00. The second kappa shape index (κ2) is 2.72. The van der Waals surface area contributed by atoms with E-state index in [1.807, 2.05) is 0 Å². The summed E-state index contributed by atoms with van der Waals surface area (Å²) in [6.07, 6.45) is 0. The summed E-state index contributed by atoms with van der Waals surface area (Å²) in [6, 6.07) is 0.629. The van der Waals surface area contributed by atoms with Crippen LogP contribution in [-0.4, -0.2) is 22.4 Å². The summed E-state index contributed by atoms with van der Waals surface area (Å²) >= 11 is 1.74. The Kier molecular flexibility index (Phi) is 2.28. The Morgan fingerprint density at radius 3 is 2.30 bits per heavy atom. The average molecular weight is 160 g/mol. The molecule has 1 fully saturated rings. The van der Waals surface area contributed by atoms with Crippen molar-refractivity contribution in [3.05, 3.63) is 0 Å². The van der Waals surface area contributed by atoms with E-state index in [4.69, 9.17) is 0 Å². The highest BCUT2D eigenvalue weighted by Crippen LogP contribution is 2.26. The van der Waals surface area contributed by atoms with Gasteiger partial charge in [0.05, 0.1) is 0 Å². The number of hydrogen-bond acceptors (Lipinski definition) is 3. The van der Waals surface area contributed by atoms with Crippen LogP contribution >= 0.6 is 12.1 Å². The molecule has 3 heteroatoms. The third kappa shape index (κ3) is 1.87. The van der Waals surface area contributed by atoms with Crippen molar-refractivity contribution in [2.75, 3.05) is 6.54 Å². The van der Waals surface area contributed by atoms with Crippen LogP contribution in [0.2, 0.25) is 0 Å². The van der Waals surface area contributed by atoms with E-state index in [0.29, 0.717) is 11.6 Å². The highest BCUT2D eigenvalue weighted by molar-refractivity contribution is 7.95. The van der Waals surface area contributed by atoms with E-state index >= 15 is 0 Å². The summed E-state index contributed by atoms with van der Waals surface area (Å²) < 4.78 is 5.69. The third-order valence-electron chi connectivity index (χ3n) is 1.55. The fourth-order valence-corrected chi connectivity index (χ4v) is 1.84. The van der Waals surface area contributed by atoms with Gasteiger partial charge in [-0.3, -0.25) is 0 Å². The van der Waals surface area contributed by atoms with Gasteiger partial charge in [0.15, 0.2) is 0 Å². The first-order valence-corrected chi connectivity index (χ1v) is 4.47. The topological polar surface area (TPSA) is 15.3 Å². The van der Waals surface area contributed by atoms with Gasteiger partial charge in [-0.05, 0) is 27.7 Å². The molecule has 1 aliphatic rings. The van der Waals surface area contributed by atoms with Gasteiger partial charge in [-0.25, -0.2) is 9.03 Å². The first kappa shape index (κ1) is 8.37. The van der Waals surface area contributed by atoms with Crippen molar-refractivity contribution < 1.29 is 0 Å². The maximum atomic E-state index is 3.32. The van der Waals surface area contributed by atoms with Crippen LogP contribution < -0.4 is 4.72 Å². The van der Waals surface area contributed by atoms with Crippen molar-refractivity contribution >= 4 is 12.1 Å². The van der Waals surface area contributed by atoms with Gasteiger partial charge in [0.2, 0.25) is 0 Å². The summed E-state index contributed by atoms with van der Waals surface area (Å²) in [5.74, 6) is 0. The van der Waals surface area contributed by atoms with Crippen molar-refractivity contribution in [1.82, 2.24) is 9.03 Å². The zero-order chi connectivity index (χ0) is 7.78. The van der Waals surface area contributed by atoms with E-state index in [1.54, 1.807) is 12.1 Å². The Labute approximate surface area is 67.6 Å². The van der Waals surface area contributed by atoms with Crippen molar-refractivity contribution in [1.29, 1.82) is 0 Å². The Bertz CT molecular complexity index is 119. The molecule has 10 heavy (non-hydrogen) atoms. The van der Waals surface area contributed by atoms with Crippen LogP contribution in [0, 0.1) is 0 Å². The molecular weight excluding hydrogens is 144 g/mol. The van der Waals surface area contributed by atoms with Gasteiger partial charge < -0.3 is 0 Å². The van der Waals surface area contributed by atoms with Crippen molar-refractivity contribution in [2.24, 2.45) is 0 Å². The SMILES string of the molecule is C[C@H]1CN(C(C)(C)C)SN1. The highest BCUT2D eigenvalue weighted by atomic mass is 32.2. The summed E-state index contributed by atoms with van der Waals surface area (Å²) in [7, 11) is 0. The fourth-order valence-electron chi connectivity index (χ4n) is 0.888. The Morgan fingerprint density at radius 2 is 2.10 bits per heavy atom. The lowest BCUT2D eigenvalue weighted by molar-refractivity contribution is 0.280. The molecule has 0 bridgehead atoms. The van der Waals surface area contributed by atoms with Gasteiger partial charge in [0.25, 0.3) is 0 Å². The van der Waals surface area contributed by atoms with Crippen LogP contribution in [-0.2, 0) is 0 Å². The number of nitrogens with zero attached hydrogens (tertiary/aromatic N) is 1. The van der Waals surface area contributed by atoms with Crippen molar-refractivity contribution in [2.45, 2.75) is 39.3 Å². The number of hydrogen-bond donors (Lipinski definition) is 1. The predicted octanol–water partition coefficient (Wildman–Crippen LogP) is 1.64. The van der Waals surface area contributed by atoms with E-state index in [0.717, 1.165) is 6.54 Å². The van der Waals surface area contributed by atoms with Crippen molar-refractivity contribution in [3.8, 4) is 0 Å². The summed E-state index contributed by atoms with van der Waals surface area (Å²) in [6.45, 7) is 10.1. The molecule has 1 saturated heterocycles. The molecule has 0 aromatic heterocycles. The second-order valence-electron chi connectivity index (χ2n) is 3.84. The molecule has 0 unspecified atom stereocenters. The quantitative estimate of drug-likeness (QED) is 0.542. The Hall–Kier alpha value is 0.270. The molecule has 0 aliphatic carbocycles. The monoisotopic (exact) mass is 160 g/mol. The molecule has 0 amide bonds. The van der Waals surface area contributed by atoms with Crippen LogP contribution in [0.4, 0.5) is 0 Å². The molecule has 0 saturated carbocycles. The van der Waals surface area contributed by atoms with E-state index in [2.05, 4.69) is 36.7 Å². The molecule has 0 aromatic carbocycles. The summed E-state index contributed by atoms with van der Waals surface area (Å²) in [5.41, 5.74) is 0.294. The van der Waals surface area contributed by atoms with Crippen LogP contribution in [0.15, 0.2) is 0 Å². The van der Waals surface area contributed by atoms with Crippen LogP contribution in [0.25, 0.3) is 0 Å². The predicted molar refractivity (Wildman–Crippen MR) is 46.6 cm³/mol. The first-order chi connectivity index (χ1) is 4.50. The molecule has 1 atom stereocenters. The second-order valence-corrected chi connectivity index (χ2v) is 4.70. The van der Waals surface area contributed by atoms with E-state index in [9.17, 15) is 0 Å². The molecule has 1 N–H and O–H groups in total. The standard InChI is InChI=1S/C7H16N2S/c1-6-5-9(10-8-6)7(2,3)4/h6,8H,5H2,1-4H3/t6-/m0/s1. The molecule has 1 heterocycles. The smallest absolute Gasteiger partial charge is 0.0293 e. The molecule has 2 nitrogen and oxygen atoms in total. The summed E-state index contributed by atoms with van der Waals surface area (Å²) in [4.78, 5) is 0. The average Bonchev–Trinajstić information content (AvgIpc) is 2.11. The maximum absolute atomic E-state index is 3.32. The highest BCUT2D eigenvalue weighted by Gasteiger charge is 2.28. The lowest BCUT2D eigenvalue weighted by Crippen LogP contribution is -2.35. The first-order valence-electron chi connectivity index (χ1n) is 3.70. The minimum absolute atomic E-state index is 0.294. The maximum Gasteiger partial charge on any atom is 0.0293 e. The van der Waals surface area contributed by atoms with E-state index in [1.165, 1.54) is 0 Å². The number of rotatable bonds is 0. The normalized spacial score (nSPS) is 29.4. The van der Waals surface area contributed by atoms with Gasteiger partial charge in [-0.2, -0.15) is 0 Å². The van der Waals surface area contributed by atoms with Gasteiger partial charge in [-0.15, -0.1) is 0 Å². The zero-order valence-electron chi connectivity index (χ0n) is 7.14. The zero-order valence-corrected chi connectivity index (χ0v) is 7.96. The molecule has 1 rings (SSSR count). The van der Waals surface area contributed by atoms with Crippen molar-refractivity contribution in [3.63, 3.8) is 0 Å². The molecular formula is C7H16N2S. The number of nitrogens with one attached hydrogen (secondary N) is 1. The van der Waals surface area contributed by atoms with E-state index in [-0.39, 0.29) is 0 Å². The van der Waals surface area contributed by atoms with Gasteiger partial charge >= 0.3 is 0 Å². The molecule has 1 aliphatic heterocycles. The molecule has 0 spiro atoms. The van der Waals surface area contributed by atoms with Crippen LogP contribution in [0.1, 0.15) is 27.7 Å². The van der Waals surface area contributed by atoms with Gasteiger partial charge in [0, 0.05) is 30.3 Å². The molecule has 0 radical (unpaired) electrons. The summed E-state index contributed by atoms with van der Waals surface area (Å²) in [5, 5.41) is 0. The van der Waals surface area contributed by atoms with Gasteiger partial charge in [-0.1, -0.05) is 0 Å². The van der Waals surface area contributed by atoms with Crippen LogP contribution in [0.3, 0.4) is 0 Å². The van der Waals surface area contributed by atoms with E-state index < -0.39 is 0 Å². The lowest BCUT2D eigenvalue weighted by Gasteiger charge is -2.28. The Morgan fingerprint density at radius 1 is 1.50 bits per heavy atom. The third-order valence-corrected chi connectivity index (χ3v) is 2.98. The van der Waals surface area contributed by atoms with Crippen LogP contribution in [0.5, 0.6) is 0 Å².